The summed E-state index contributed by atoms with van der Waals surface area (Å²) in [5, 5.41) is 2.86. The fraction of sp³-hybridized carbons (Fsp3) is 0.889. The first-order valence-electron chi connectivity index (χ1n) is 4.93. The van der Waals surface area contributed by atoms with Gasteiger partial charge in [-0.1, -0.05) is 0 Å². The number of thiol groups is 1. The molecular formula is C9H17NO3S. The van der Waals surface area contributed by atoms with Crippen LogP contribution in [0.5, 0.6) is 0 Å². The van der Waals surface area contributed by atoms with Gasteiger partial charge in [-0.25, -0.2) is 0 Å². The van der Waals surface area contributed by atoms with Gasteiger partial charge in [-0.15, -0.1) is 12.6 Å². The SMILES string of the molecule is CCOC(S)OCC1CCCC(=O)N1. The van der Waals surface area contributed by atoms with Gasteiger partial charge in [0.25, 0.3) is 0 Å². The maximum atomic E-state index is 11.0. The van der Waals surface area contributed by atoms with Crippen LogP contribution in [-0.4, -0.2) is 30.8 Å². The summed E-state index contributed by atoms with van der Waals surface area (Å²) in [6.07, 6.45) is 2.54. The minimum Gasteiger partial charge on any atom is -0.351 e. The summed E-state index contributed by atoms with van der Waals surface area (Å²) < 4.78 is 10.4. The highest BCUT2D eigenvalue weighted by molar-refractivity contribution is 7.80. The van der Waals surface area contributed by atoms with E-state index in [1.165, 1.54) is 0 Å². The molecule has 0 aromatic heterocycles. The quantitative estimate of drug-likeness (QED) is 0.534. The first-order chi connectivity index (χ1) is 6.72. The summed E-state index contributed by atoms with van der Waals surface area (Å²) in [7, 11) is 0. The fourth-order valence-corrected chi connectivity index (χ4v) is 1.63. The Kier molecular flexibility index (Phi) is 5.29. The summed E-state index contributed by atoms with van der Waals surface area (Å²) in [5.41, 5.74) is -0.487. The third-order valence-corrected chi connectivity index (χ3v) is 2.37. The van der Waals surface area contributed by atoms with Gasteiger partial charge < -0.3 is 14.8 Å². The normalized spacial score (nSPS) is 24.4. The van der Waals surface area contributed by atoms with E-state index < -0.39 is 5.62 Å². The molecule has 1 rings (SSSR count). The number of ether oxygens (including phenoxy) is 2. The molecule has 0 aromatic carbocycles. The Bertz CT molecular complexity index is 189. The Morgan fingerprint density at radius 3 is 3.07 bits per heavy atom. The van der Waals surface area contributed by atoms with Gasteiger partial charge >= 0.3 is 0 Å². The van der Waals surface area contributed by atoms with E-state index in [4.69, 9.17) is 9.47 Å². The van der Waals surface area contributed by atoms with E-state index in [2.05, 4.69) is 17.9 Å². The molecule has 0 radical (unpaired) electrons. The maximum absolute atomic E-state index is 11.0. The van der Waals surface area contributed by atoms with Crippen LogP contribution >= 0.6 is 12.6 Å². The van der Waals surface area contributed by atoms with Crippen molar-refractivity contribution in [3.63, 3.8) is 0 Å². The first kappa shape index (κ1) is 11.8. The third-order valence-electron chi connectivity index (χ3n) is 2.07. The van der Waals surface area contributed by atoms with E-state index in [-0.39, 0.29) is 11.9 Å². The van der Waals surface area contributed by atoms with Crippen molar-refractivity contribution in [1.82, 2.24) is 5.32 Å². The molecule has 2 atom stereocenters. The van der Waals surface area contributed by atoms with Crippen molar-refractivity contribution in [3.8, 4) is 0 Å². The summed E-state index contributed by atoms with van der Waals surface area (Å²) in [6.45, 7) is 2.93. The van der Waals surface area contributed by atoms with E-state index in [1.54, 1.807) is 0 Å². The molecule has 0 aromatic rings. The molecule has 4 nitrogen and oxygen atoms in total. The Morgan fingerprint density at radius 2 is 2.43 bits per heavy atom. The monoisotopic (exact) mass is 219 g/mol. The largest absolute Gasteiger partial charge is 0.351 e. The van der Waals surface area contributed by atoms with Gasteiger partial charge in [0.1, 0.15) is 0 Å². The van der Waals surface area contributed by atoms with Crippen LogP contribution in [0.2, 0.25) is 0 Å². The van der Waals surface area contributed by atoms with Crippen LogP contribution in [0, 0.1) is 0 Å². The molecule has 1 saturated heterocycles. The van der Waals surface area contributed by atoms with Crippen molar-refractivity contribution in [1.29, 1.82) is 0 Å². The van der Waals surface area contributed by atoms with Crippen LogP contribution in [-0.2, 0) is 14.3 Å². The predicted molar refractivity (Wildman–Crippen MR) is 56.1 cm³/mol. The lowest BCUT2D eigenvalue weighted by molar-refractivity contribution is -0.126. The first-order valence-corrected chi connectivity index (χ1v) is 5.44. The van der Waals surface area contributed by atoms with Crippen molar-refractivity contribution in [2.24, 2.45) is 0 Å². The number of amides is 1. The lowest BCUT2D eigenvalue weighted by Gasteiger charge is -2.24. The topological polar surface area (TPSA) is 47.6 Å². The van der Waals surface area contributed by atoms with Crippen LogP contribution < -0.4 is 5.32 Å². The predicted octanol–water partition coefficient (Wildman–Crippen LogP) is 0.922. The second-order valence-corrected chi connectivity index (χ2v) is 3.67. The van der Waals surface area contributed by atoms with E-state index in [0.29, 0.717) is 19.6 Å². The van der Waals surface area contributed by atoms with Crippen molar-refractivity contribution in [2.45, 2.75) is 37.9 Å². The smallest absolute Gasteiger partial charge is 0.220 e. The van der Waals surface area contributed by atoms with Gasteiger partial charge in [0.05, 0.1) is 12.6 Å². The van der Waals surface area contributed by atoms with E-state index in [1.807, 2.05) is 6.92 Å². The molecule has 0 spiro atoms. The zero-order valence-corrected chi connectivity index (χ0v) is 9.26. The van der Waals surface area contributed by atoms with Gasteiger partial charge in [0.15, 0.2) is 0 Å². The minimum atomic E-state index is -0.487. The van der Waals surface area contributed by atoms with Crippen LogP contribution in [0.4, 0.5) is 0 Å². The molecule has 82 valence electrons. The number of nitrogens with one attached hydrogen (secondary N) is 1. The van der Waals surface area contributed by atoms with Gasteiger partial charge in [0, 0.05) is 13.0 Å². The average Bonchev–Trinajstić information content (AvgIpc) is 2.15. The molecule has 5 heteroatoms. The summed E-state index contributed by atoms with van der Waals surface area (Å²) in [5.74, 6) is 0.108. The second kappa shape index (κ2) is 6.27. The lowest BCUT2D eigenvalue weighted by atomic mass is 10.1. The Morgan fingerprint density at radius 1 is 1.64 bits per heavy atom. The van der Waals surface area contributed by atoms with Crippen molar-refractivity contribution in [3.05, 3.63) is 0 Å². The van der Waals surface area contributed by atoms with E-state index in [9.17, 15) is 4.79 Å². The second-order valence-electron chi connectivity index (χ2n) is 3.25. The number of piperidine rings is 1. The summed E-state index contributed by atoms with van der Waals surface area (Å²) in [6, 6.07) is 0.117. The molecule has 0 aliphatic carbocycles. The van der Waals surface area contributed by atoms with Gasteiger partial charge in [0.2, 0.25) is 11.5 Å². The number of carbonyl (C=O) groups excluding carboxylic acids is 1. The Balaban J connectivity index is 2.13. The Hall–Kier alpha value is -0.260. The minimum absolute atomic E-state index is 0.108. The molecule has 0 saturated carbocycles. The summed E-state index contributed by atoms with van der Waals surface area (Å²) >= 11 is 4.08. The Labute approximate surface area is 89.7 Å². The zero-order valence-electron chi connectivity index (χ0n) is 8.36. The lowest BCUT2D eigenvalue weighted by Crippen LogP contribution is -2.42. The van der Waals surface area contributed by atoms with Crippen LogP contribution in [0.25, 0.3) is 0 Å². The van der Waals surface area contributed by atoms with E-state index in [0.717, 1.165) is 12.8 Å². The number of rotatable bonds is 5. The molecule has 0 bridgehead atoms. The average molecular weight is 219 g/mol. The molecule has 14 heavy (non-hydrogen) atoms. The molecule has 1 N–H and O–H groups in total. The highest BCUT2D eigenvalue weighted by Crippen LogP contribution is 2.10. The van der Waals surface area contributed by atoms with Gasteiger partial charge in [-0.2, -0.15) is 0 Å². The molecule has 1 amide bonds. The number of hydrogen-bond donors (Lipinski definition) is 2. The number of carbonyl (C=O) groups is 1. The van der Waals surface area contributed by atoms with Crippen LogP contribution in [0.3, 0.4) is 0 Å². The molecule has 2 unspecified atom stereocenters. The van der Waals surface area contributed by atoms with Crippen LogP contribution in [0.1, 0.15) is 26.2 Å². The van der Waals surface area contributed by atoms with E-state index >= 15 is 0 Å². The highest BCUT2D eigenvalue weighted by Gasteiger charge is 2.18. The third kappa shape index (κ3) is 4.30. The van der Waals surface area contributed by atoms with Gasteiger partial charge in [-0.05, 0) is 19.8 Å². The molecule has 1 aliphatic heterocycles. The molecule has 1 fully saturated rings. The van der Waals surface area contributed by atoms with Crippen molar-refractivity contribution in [2.75, 3.05) is 13.2 Å². The zero-order chi connectivity index (χ0) is 10.4. The van der Waals surface area contributed by atoms with Crippen molar-refractivity contribution >= 4 is 18.5 Å². The maximum Gasteiger partial charge on any atom is 0.220 e. The standard InChI is InChI=1S/C9H17NO3S/c1-2-12-9(14)13-6-7-4-3-5-8(11)10-7/h7,9,14H,2-6H2,1H3,(H,10,11). The molecule has 1 aliphatic rings. The van der Waals surface area contributed by atoms with Gasteiger partial charge in [-0.3, -0.25) is 4.79 Å². The summed E-state index contributed by atoms with van der Waals surface area (Å²) in [4.78, 5) is 11.0. The molecule has 1 heterocycles. The fourth-order valence-electron chi connectivity index (χ4n) is 1.40. The van der Waals surface area contributed by atoms with Crippen molar-refractivity contribution < 1.29 is 14.3 Å². The van der Waals surface area contributed by atoms with Crippen LogP contribution in [0.15, 0.2) is 0 Å². The number of hydrogen-bond acceptors (Lipinski definition) is 4. The highest BCUT2D eigenvalue weighted by atomic mass is 32.1. The molecular weight excluding hydrogens is 202 g/mol.